The molecule has 1 aliphatic rings. The third-order valence-electron chi connectivity index (χ3n) is 6.65. The lowest BCUT2D eigenvalue weighted by Crippen LogP contribution is -2.32. The quantitative estimate of drug-likeness (QED) is 0.390. The molecule has 0 saturated heterocycles. The van der Waals surface area contributed by atoms with Crippen LogP contribution in [0.1, 0.15) is 63.1 Å². The van der Waals surface area contributed by atoms with Crippen LogP contribution in [-0.2, 0) is 10.0 Å². The molecule has 0 spiro atoms. The van der Waals surface area contributed by atoms with Crippen molar-refractivity contribution in [3.8, 4) is 11.4 Å². The Morgan fingerprint density at radius 1 is 1.11 bits per heavy atom. The summed E-state index contributed by atoms with van der Waals surface area (Å²) in [7, 11) is -3.78. The van der Waals surface area contributed by atoms with Gasteiger partial charge in [-0.1, -0.05) is 49.5 Å². The first kappa shape index (κ1) is 23.5. The Labute approximate surface area is 203 Å². The van der Waals surface area contributed by atoms with Gasteiger partial charge in [-0.15, -0.1) is 0 Å². The summed E-state index contributed by atoms with van der Waals surface area (Å²) in [5.74, 6) is 0.377. The molecule has 2 aromatic heterocycles. The molecule has 10 heteroatoms. The second-order valence-corrected chi connectivity index (χ2v) is 11.3. The van der Waals surface area contributed by atoms with E-state index in [1.54, 1.807) is 24.3 Å². The third-order valence-corrected chi connectivity index (χ3v) is 8.11. The Kier molecular flexibility index (Phi) is 6.10. The van der Waals surface area contributed by atoms with Crippen molar-refractivity contribution in [3.63, 3.8) is 0 Å². The van der Waals surface area contributed by atoms with E-state index in [1.807, 2.05) is 43.5 Å². The van der Waals surface area contributed by atoms with Gasteiger partial charge in [0.1, 0.15) is 6.04 Å². The maximum atomic E-state index is 13.0. The predicted octanol–water partition coefficient (Wildman–Crippen LogP) is 4.48. The Balaban J connectivity index is 1.43. The number of sulfonamides is 1. The lowest BCUT2D eigenvalue weighted by atomic mass is 10.1. The molecule has 1 saturated carbocycles. The van der Waals surface area contributed by atoms with Gasteiger partial charge in [-0.05, 0) is 56.0 Å². The van der Waals surface area contributed by atoms with E-state index in [4.69, 9.17) is 4.52 Å². The van der Waals surface area contributed by atoms with E-state index in [9.17, 15) is 13.2 Å². The van der Waals surface area contributed by atoms with Crippen LogP contribution in [0.25, 0.3) is 22.4 Å². The molecule has 184 valence electrons. The van der Waals surface area contributed by atoms with E-state index >= 15 is 0 Å². The van der Waals surface area contributed by atoms with Gasteiger partial charge in [-0.2, -0.15) is 9.71 Å². The number of H-pyrrole nitrogens is 1. The van der Waals surface area contributed by atoms with Crippen molar-refractivity contribution >= 4 is 21.1 Å². The molecule has 2 N–H and O–H groups in total. The smallest absolute Gasteiger partial charge is 0.326 e. The molecule has 0 aliphatic heterocycles. The number of aromatic nitrogens is 4. The average Bonchev–Trinajstić information content (AvgIpc) is 3.56. The molecule has 2 aromatic carbocycles. The molecule has 1 unspecified atom stereocenters. The van der Waals surface area contributed by atoms with Crippen LogP contribution in [0.2, 0.25) is 0 Å². The van der Waals surface area contributed by atoms with Crippen molar-refractivity contribution in [2.75, 3.05) is 0 Å². The maximum absolute atomic E-state index is 13.0. The number of benzene rings is 2. The first-order valence-corrected chi connectivity index (χ1v) is 13.4. The van der Waals surface area contributed by atoms with Crippen LogP contribution >= 0.6 is 0 Å². The highest BCUT2D eigenvalue weighted by molar-refractivity contribution is 7.89. The van der Waals surface area contributed by atoms with Crippen molar-refractivity contribution in [1.29, 1.82) is 0 Å². The van der Waals surface area contributed by atoms with E-state index in [2.05, 4.69) is 19.8 Å². The van der Waals surface area contributed by atoms with Crippen LogP contribution in [0.15, 0.2) is 56.7 Å². The van der Waals surface area contributed by atoms with Crippen molar-refractivity contribution < 1.29 is 12.9 Å². The van der Waals surface area contributed by atoms with Gasteiger partial charge in [-0.25, -0.2) is 13.2 Å². The summed E-state index contributed by atoms with van der Waals surface area (Å²) in [6.07, 6.45) is 4.30. The number of rotatable bonds is 7. The zero-order valence-electron chi connectivity index (χ0n) is 20.0. The van der Waals surface area contributed by atoms with Crippen LogP contribution in [-0.4, -0.2) is 28.1 Å². The molecule has 0 bridgehead atoms. The summed E-state index contributed by atoms with van der Waals surface area (Å²) in [6, 6.07) is 11.8. The fourth-order valence-electron chi connectivity index (χ4n) is 4.70. The minimum atomic E-state index is -3.78. The van der Waals surface area contributed by atoms with E-state index in [0.29, 0.717) is 16.9 Å². The minimum Gasteiger partial charge on any atom is -0.337 e. The molecule has 0 radical (unpaired) electrons. The molecular formula is C25H29N5O4S. The van der Waals surface area contributed by atoms with E-state index in [-0.39, 0.29) is 28.4 Å². The van der Waals surface area contributed by atoms with Crippen molar-refractivity contribution in [2.24, 2.45) is 5.92 Å². The normalized spacial score (nSPS) is 15.9. The number of hydrogen-bond donors (Lipinski definition) is 2. The summed E-state index contributed by atoms with van der Waals surface area (Å²) in [6.45, 7) is 5.67. The Morgan fingerprint density at radius 2 is 1.83 bits per heavy atom. The highest BCUT2D eigenvalue weighted by Crippen LogP contribution is 2.32. The second kappa shape index (κ2) is 9.09. The number of fused-ring (bicyclic) bond motifs is 1. The summed E-state index contributed by atoms with van der Waals surface area (Å²) in [4.78, 5) is 20.2. The van der Waals surface area contributed by atoms with Gasteiger partial charge in [0.15, 0.2) is 0 Å². The van der Waals surface area contributed by atoms with Crippen LogP contribution < -0.4 is 10.4 Å². The molecule has 5 rings (SSSR count). The predicted molar refractivity (Wildman–Crippen MR) is 132 cm³/mol. The van der Waals surface area contributed by atoms with E-state index in [0.717, 1.165) is 36.8 Å². The fraction of sp³-hybridized carbons (Fsp3) is 0.400. The zero-order valence-corrected chi connectivity index (χ0v) is 20.8. The van der Waals surface area contributed by atoms with E-state index < -0.39 is 16.1 Å². The van der Waals surface area contributed by atoms with Gasteiger partial charge >= 0.3 is 5.69 Å². The monoisotopic (exact) mass is 495 g/mol. The lowest BCUT2D eigenvalue weighted by molar-refractivity contribution is 0.311. The zero-order chi connectivity index (χ0) is 24.7. The molecule has 9 nitrogen and oxygen atoms in total. The number of hydrogen-bond acceptors (Lipinski definition) is 6. The summed E-state index contributed by atoms with van der Waals surface area (Å²) < 4.78 is 36.0. The largest absolute Gasteiger partial charge is 0.337 e. The number of aryl methyl sites for hydroxylation is 1. The van der Waals surface area contributed by atoms with E-state index in [1.165, 1.54) is 0 Å². The van der Waals surface area contributed by atoms with Crippen LogP contribution in [0.5, 0.6) is 0 Å². The third kappa shape index (κ3) is 4.55. The number of nitrogens with zero attached hydrogens (tertiary/aromatic N) is 3. The molecule has 4 aromatic rings. The first-order valence-electron chi connectivity index (χ1n) is 11.9. The van der Waals surface area contributed by atoms with Gasteiger partial charge in [0.2, 0.25) is 21.7 Å². The Morgan fingerprint density at radius 3 is 2.51 bits per heavy atom. The van der Waals surface area contributed by atoms with Crippen molar-refractivity contribution in [3.05, 3.63) is 64.4 Å². The molecule has 0 amide bonds. The van der Waals surface area contributed by atoms with Gasteiger partial charge in [0.05, 0.1) is 15.9 Å². The van der Waals surface area contributed by atoms with Crippen LogP contribution in [0.3, 0.4) is 0 Å². The number of nitrogens with one attached hydrogen (secondary N) is 2. The SMILES string of the molecule is Cc1ccc(S(=O)(=O)NC(c2nc(-c3ccc4c(c3)[nH]c(=O)n4C3CCCC3)no2)C(C)C)cc1. The topological polar surface area (TPSA) is 123 Å². The highest BCUT2D eigenvalue weighted by Gasteiger charge is 2.29. The van der Waals surface area contributed by atoms with Crippen molar-refractivity contribution in [2.45, 2.75) is 63.4 Å². The van der Waals surface area contributed by atoms with Crippen LogP contribution in [0.4, 0.5) is 0 Å². The molecular weight excluding hydrogens is 466 g/mol. The van der Waals surface area contributed by atoms with Gasteiger partial charge in [-0.3, -0.25) is 4.57 Å². The maximum Gasteiger partial charge on any atom is 0.326 e. The second-order valence-electron chi connectivity index (χ2n) is 9.58. The van der Waals surface area contributed by atoms with Gasteiger partial charge in [0, 0.05) is 11.6 Å². The lowest BCUT2D eigenvalue weighted by Gasteiger charge is -2.18. The standard InChI is InChI=1S/C25H29N5O4S/c1-15(2)22(29-35(32,33)19-11-8-16(3)9-12-19)24-27-23(28-34-24)17-10-13-21-20(14-17)26-25(31)30(21)18-6-4-5-7-18/h8-15,18,22,29H,4-7H2,1-3H3,(H,26,31). The minimum absolute atomic E-state index is 0.108. The average molecular weight is 496 g/mol. The molecule has 1 fully saturated rings. The summed E-state index contributed by atoms with van der Waals surface area (Å²) in [5.41, 5.74) is 3.12. The van der Waals surface area contributed by atoms with Gasteiger partial charge < -0.3 is 9.51 Å². The van der Waals surface area contributed by atoms with Crippen molar-refractivity contribution in [1.82, 2.24) is 24.4 Å². The molecule has 1 aliphatic carbocycles. The summed E-state index contributed by atoms with van der Waals surface area (Å²) in [5, 5.41) is 4.10. The number of imidazole rings is 1. The molecule has 2 heterocycles. The van der Waals surface area contributed by atoms with Gasteiger partial charge in [0.25, 0.3) is 0 Å². The Hall–Kier alpha value is -3.24. The summed E-state index contributed by atoms with van der Waals surface area (Å²) >= 11 is 0. The first-order chi connectivity index (χ1) is 16.7. The fourth-order valence-corrected chi connectivity index (χ4v) is 6.04. The molecule has 35 heavy (non-hydrogen) atoms. The van der Waals surface area contributed by atoms with Crippen LogP contribution in [0, 0.1) is 12.8 Å². The number of aromatic amines is 1. The molecule has 1 atom stereocenters. The highest BCUT2D eigenvalue weighted by atomic mass is 32.2. The Bertz CT molecular complexity index is 1510.